The third-order valence-electron chi connectivity index (χ3n) is 3.16. The molecule has 2 N–H and O–H groups in total. The van der Waals surface area contributed by atoms with E-state index in [-0.39, 0.29) is 0 Å². The largest absolute Gasteiger partial charge is 0.390 e. The van der Waals surface area contributed by atoms with E-state index in [0.717, 1.165) is 11.1 Å². The average Bonchev–Trinajstić information content (AvgIpc) is 2.44. The van der Waals surface area contributed by atoms with Crippen molar-refractivity contribution in [3.8, 4) is 0 Å². The van der Waals surface area contributed by atoms with Crippen molar-refractivity contribution in [3.63, 3.8) is 0 Å². The highest BCUT2D eigenvalue weighted by Crippen LogP contribution is 2.15. The molecule has 2 atom stereocenters. The minimum atomic E-state index is -0.813. The Bertz CT molecular complexity index is 486. The Balaban J connectivity index is 1.93. The van der Waals surface area contributed by atoms with Gasteiger partial charge < -0.3 is 10.2 Å². The van der Waals surface area contributed by atoms with Crippen LogP contribution in [0.5, 0.6) is 0 Å². The van der Waals surface area contributed by atoms with Crippen molar-refractivity contribution in [2.45, 2.75) is 25.0 Å². The topological polar surface area (TPSA) is 40.5 Å². The van der Waals surface area contributed by atoms with Gasteiger partial charge in [-0.1, -0.05) is 47.5 Å². The molecular formula is C16H16Cl2O2. The number of halogens is 2. The second-order valence-corrected chi connectivity index (χ2v) is 5.67. The molecule has 106 valence electrons. The second kappa shape index (κ2) is 7.09. The molecule has 0 saturated carbocycles. The molecule has 2 aromatic rings. The first kappa shape index (κ1) is 15.3. The number of hydrogen-bond acceptors (Lipinski definition) is 2. The van der Waals surface area contributed by atoms with Gasteiger partial charge in [0.25, 0.3) is 0 Å². The van der Waals surface area contributed by atoms with Crippen LogP contribution in [0.1, 0.15) is 11.1 Å². The average molecular weight is 311 g/mol. The van der Waals surface area contributed by atoms with Crippen molar-refractivity contribution in [3.05, 3.63) is 69.7 Å². The lowest BCUT2D eigenvalue weighted by Crippen LogP contribution is -2.29. The zero-order chi connectivity index (χ0) is 14.5. The van der Waals surface area contributed by atoms with E-state index in [1.807, 2.05) is 24.3 Å². The predicted octanol–water partition coefficient (Wildman–Crippen LogP) is 3.50. The summed E-state index contributed by atoms with van der Waals surface area (Å²) in [5.74, 6) is 0. The van der Waals surface area contributed by atoms with Gasteiger partial charge in [0, 0.05) is 22.9 Å². The normalized spacial score (nSPS) is 14.0. The number of rotatable bonds is 5. The molecule has 0 fully saturated rings. The summed E-state index contributed by atoms with van der Waals surface area (Å²) in [6, 6.07) is 14.5. The van der Waals surface area contributed by atoms with E-state index >= 15 is 0 Å². The molecule has 0 amide bonds. The monoisotopic (exact) mass is 310 g/mol. The highest BCUT2D eigenvalue weighted by atomic mass is 35.5. The van der Waals surface area contributed by atoms with E-state index in [0.29, 0.717) is 22.9 Å². The summed E-state index contributed by atoms with van der Waals surface area (Å²) in [6.45, 7) is 0. The molecule has 0 spiro atoms. The van der Waals surface area contributed by atoms with Gasteiger partial charge in [0.2, 0.25) is 0 Å². The summed E-state index contributed by atoms with van der Waals surface area (Å²) >= 11 is 11.6. The van der Waals surface area contributed by atoms with Gasteiger partial charge in [-0.3, -0.25) is 0 Å². The minimum Gasteiger partial charge on any atom is -0.390 e. The van der Waals surface area contributed by atoms with Gasteiger partial charge in [0.1, 0.15) is 0 Å². The Kier molecular flexibility index (Phi) is 5.44. The van der Waals surface area contributed by atoms with Gasteiger partial charge in [-0.2, -0.15) is 0 Å². The van der Waals surface area contributed by atoms with Crippen LogP contribution in [-0.4, -0.2) is 22.4 Å². The molecule has 0 saturated heterocycles. The van der Waals surface area contributed by atoms with Gasteiger partial charge in [-0.25, -0.2) is 0 Å². The molecule has 0 heterocycles. The van der Waals surface area contributed by atoms with Gasteiger partial charge in [-0.05, 0) is 35.4 Å². The highest BCUT2D eigenvalue weighted by Gasteiger charge is 2.17. The minimum absolute atomic E-state index is 0.395. The summed E-state index contributed by atoms with van der Waals surface area (Å²) in [5.41, 5.74) is 1.88. The Labute approximate surface area is 128 Å². The summed E-state index contributed by atoms with van der Waals surface area (Å²) in [6.07, 6.45) is -0.837. The predicted molar refractivity (Wildman–Crippen MR) is 82.3 cm³/mol. The molecule has 0 bridgehead atoms. The number of aliphatic hydroxyl groups excluding tert-OH is 2. The number of aliphatic hydroxyl groups is 2. The van der Waals surface area contributed by atoms with E-state index in [1.165, 1.54) is 0 Å². The first-order valence-electron chi connectivity index (χ1n) is 6.39. The van der Waals surface area contributed by atoms with E-state index < -0.39 is 12.2 Å². The molecule has 0 aliphatic rings. The quantitative estimate of drug-likeness (QED) is 0.887. The van der Waals surface area contributed by atoms with Crippen LogP contribution in [0.25, 0.3) is 0 Å². The summed E-state index contributed by atoms with van der Waals surface area (Å²) in [5, 5.41) is 21.4. The zero-order valence-corrected chi connectivity index (χ0v) is 12.3. The van der Waals surface area contributed by atoms with E-state index in [1.54, 1.807) is 24.3 Å². The molecule has 2 rings (SSSR count). The van der Waals surface area contributed by atoms with Crippen molar-refractivity contribution >= 4 is 23.2 Å². The summed E-state index contributed by atoms with van der Waals surface area (Å²) in [4.78, 5) is 0. The van der Waals surface area contributed by atoms with Crippen LogP contribution in [0, 0.1) is 0 Å². The zero-order valence-electron chi connectivity index (χ0n) is 10.8. The Morgan fingerprint density at radius 2 is 0.950 bits per heavy atom. The van der Waals surface area contributed by atoms with Crippen molar-refractivity contribution in [2.24, 2.45) is 0 Å². The molecule has 0 aromatic heterocycles. The maximum absolute atomic E-state index is 10.0. The van der Waals surface area contributed by atoms with E-state index in [2.05, 4.69) is 0 Å². The van der Waals surface area contributed by atoms with Gasteiger partial charge >= 0.3 is 0 Å². The van der Waals surface area contributed by atoms with Gasteiger partial charge in [0.15, 0.2) is 0 Å². The molecule has 2 nitrogen and oxygen atoms in total. The molecule has 0 unspecified atom stereocenters. The lowest BCUT2D eigenvalue weighted by atomic mass is 9.99. The van der Waals surface area contributed by atoms with Crippen molar-refractivity contribution in [1.82, 2.24) is 0 Å². The second-order valence-electron chi connectivity index (χ2n) is 4.80. The smallest absolute Gasteiger partial charge is 0.0842 e. The van der Waals surface area contributed by atoms with Crippen LogP contribution >= 0.6 is 23.2 Å². The van der Waals surface area contributed by atoms with Gasteiger partial charge in [0.05, 0.1) is 12.2 Å². The lowest BCUT2D eigenvalue weighted by Gasteiger charge is -2.18. The van der Waals surface area contributed by atoms with Gasteiger partial charge in [-0.15, -0.1) is 0 Å². The maximum atomic E-state index is 10.0. The highest BCUT2D eigenvalue weighted by molar-refractivity contribution is 6.30. The third kappa shape index (κ3) is 4.50. The SMILES string of the molecule is O[C@H](Cc1ccc(Cl)cc1)[C@@H](O)Cc1ccc(Cl)cc1. The Morgan fingerprint density at radius 1 is 0.650 bits per heavy atom. The number of benzene rings is 2. The number of hydrogen-bond donors (Lipinski definition) is 2. The molecule has 2 aromatic carbocycles. The van der Waals surface area contributed by atoms with Crippen LogP contribution in [0.4, 0.5) is 0 Å². The third-order valence-corrected chi connectivity index (χ3v) is 3.66. The van der Waals surface area contributed by atoms with Crippen LogP contribution in [0.2, 0.25) is 10.0 Å². The Morgan fingerprint density at radius 3 is 1.25 bits per heavy atom. The Hall–Kier alpha value is -1.06. The van der Waals surface area contributed by atoms with Crippen LogP contribution in [-0.2, 0) is 12.8 Å². The van der Waals surface area contributed by atoms with Crippen LogP contribution < -0.4 is 0 Å². The molecule has 0 aliphatic heterocycles. The van der Waals surface area contributed by atoms with Crippen LogP contribution in [0.3, 0.4) is 0 Å². The molecular weight excluding hydrogens is 295 g/mol. The standard InChI is InChI=1S/C16H16Cl2O2/c17-13-5-1-11(2-6-13)9-15(19)16(20)10-12-3-7-14(18)8-4-12/h1-8,15-16,19-20H,9-10H2/t15-,16+. The molecule has 4 heteroatoms. The van der Waals surface area contributed by atoms with Crippen LogP contribution in [0.15, 0.2) is 48.5 Å². The van der Waals surface area contributed by atoms with E-state index in [4.69, 9.17) is 23.2 Å². The van der Waals surface area contributed by atoms with E-state index in [9.17, 15) is 10.2 Å². The fraction of sp³-hybridized carbons (Fsp3) is 0.250. The first-order chi connectivity index (χ1) is 9.54. The lowest BCUT2D eigenvalue weighted by molar-refractivity contribution is 0.0206. The summed E-state index contributed by atoms with van der Waals surface area (Å²) < 4.78 is 0. The van der Waals surface area contributed by atoms with Crippen molar-refractivity contribution < 1.29 is 10.2 Å². The molecule has 0 radical (unpaired) electrons. The van der Waals surface area contributed by atoms with Crippen molar-refractivity contribution in [1.29, 1.82) is 0 Å². The first-order valence-corrected chi connectivity index (χ1v) is 7.15. The molecule has 20 heavy (non-hydrogen) atoms. The fourth-order valence-corrected chi connectivity index (χ4v) is 2.25. The maximum Gasteiger partial charge on any atom is 0.0842 e. The van der Waals surface area contributed by atoms with Crippen molar-refractivity contribution in [2.75, 3.05) is 0 Å². The molecule has 0 aliphatic carbocycles. The fourth-order valence-electron chi connectivity index (χ4n) is 2.00. The summed E-state index contributed by atoms with van der Waals surface area (Å²) in [7, 11) is 0.